The number of hydrogen-bond donors (Lipinski definition) is 1. The standard InChI is InChI=1S/C22H30FN3O5S/c1-2-3-21(27)24-11-18-14-26(22(28)31-18)17-4-5-20(19(23)10-17)25-12-15-6-8-32(29,30)9-7-16(15)13-25/h4-5,10,15-16,18H,2-3,6-9,11-14H2,1H3,(H,24,27)/t15?,16?,18-/m0/s1. The number of sulfone groups is 1. The van der Waals surface area contributed by atoms with E-state index in [1.807, 2.05) is 11.8 Å². The maximum Gasteiger partial charge on any atom is 0.414 e. The van der Waals surface area contributed by atoms with Crippen LogP contribution >= 0.6 is 0 Å². The Balaban J connectivity index is 1.39. The van der Waals surface area contributed by atoms with Crippen LogP contribution in [0.1, 0.15) is 32.6 Å². The number of carbonyl (C=O) groups is 2. The molecule has 3 saturated heterocycles. The molecular formula is C22H30FN3O5S. The van der Waals surface area contributed by atoms with Crippen molar-refractivity contribution in [2.75, 3.05) is 47.5 Å². The average molecular weight is 468 g/mol. The molecule has 10 heteroatoms. The normalized spacial score (nSPS) is 27.1. The number of cyclic esters (lactones) is 1. The van der Waals surface area contributed by atoms with Crippen LogP contribution in [0.5, 0.6) is 0 Å². The molecule has 8 nitrogen and oxygen atoms in total. The van der Waals surface area contributed by atoms with Crippen LogP contribution in [0.25, 0.3) is 0 Å². The fourth-order valence-electron chi connectivity index (χ4n) is 4.86. The van der Waals surface area contributed by atoms with E-state index in [9.17, 15) is 18.0 Å². The van der Waals surface area contributed by atoms with E-state index in [-0.39, 0.29) is 42.3 Å². The van der Waals surface area contributed by atoms with Crippen LogP contribution < -0.4 is 15.1 Å². The predicted molar refractivity (Wildman–Crippen MR) is 119 cm³/mol. The van der Waals surface area contributed by atoms with Crippen LogP contribution in [0, 0.1) is 17.7 Å². The highest BCUT2D eigenvalue weighted by atomic mass is 32.2. The summed E-state index contributed by atoms with van der Waals surface area (Å²) in [6.45, 7) is 3.67. The second-order valence-electron chi connectivity index (χ2n) is 8.96. The third kappa shape index (κ3) is 5.00. The van der Waals surface area contributed by atoms with Gasteiger partial charge in [-0.3, -0.25) is 9.69 Å². The molecule has 2 amide bonds. The summed E-state index contributed by atoms with van der Waals surface area (Å²) in [5.74, 6) is 0.421. The van der Waals surface area contributed by atoms with E-state index in [1.165, 1.54) is 11.0 Å². The van der Waals surface area contributed by atoms with Crippen molar-refractivity contribution in [2.24, 2.45) is 11.8 Å². The van der Waals surface area contributed by atoms with Gasteiger partial charge in [-0.2, -0.15) is 0 Å². The molecule has 176 valence electrons. The molecule has 0 bridgehead atoms. The number of halogens is 1. The van der Waals surface area contributed by atoms with Crippen molar-refractivity contribution in [3.8, 4) is 0 Å². The first-order valence-corrected chi connectivity index (χ1v) is 13.1. The first-order chi connectivity index (χ1) is 15.3. The monoisotopic (exact) mass is 467 g/mol. The van der Waals surface area contributed by atoms with E-state index >= 15 is 4.39 Å². The van der Waals surface area contributed by atoms with Gasteiger partial charge in [0.15, 0.2) is 0 Å². The van der Waals surface area contributed by atoms with Gasteiger partial charge in [-0.1, -0.05) is 6.92 Å². The Kier molecular flexibility index (Phi) is 6.60. The van der Waals surface area contributed by atoms with Crippen LogP contribution in [0.2, 0.25) is 0 Å². The maximum atomic E-state index is 15.0. The first-order valence-electron chi connectivity index (χ1n) is 11.3. The summed E-state index contributed by atoms with van der Waals surface area (Å²) in [6, 6.07) is 4.72. The SMILES string of the molecule is CCCC(=O)NC[C@H]1CN(c2ccc(N3CC4CCS(=O)(=O)CCC4C3)c(F)c2)C(=O)O1. The number of rotatable bonds is 6. The van der Waals surface area contributed by atoms with Gasteiger partial charge in [0.2, 0.25) is 5.91 Å². The van der Waals surface area contributed by atoms with Gasteiger partial charge in [0.25, 0.3) is 0 Å². The highest BCUT2D eigenvalue weighted by Crippen LogP contribution is 2.37. The van der Waals surface area contributed by atoms with E-state index in [1.54, 1.807) is 12.1 Å². The minimum atomic E-state index is -2.95. The molecule has 0 aliphatic carbocycles. The Bertz CT molecular complexity index is 964. The minimum absolute atomic E-state index is 0.0862. The highest BCUT2D eigenvalue weighted by Gasteiger charge is 2.38. The fourth-order valence-corrected chi connectivity index (χ4v) is 6.38. The molecule has 0 saturated carbocycles. The van der Waals surface area contributed by atoms with Gasteiger partial charge in [0.1, 0.15) is 21.8 Å². The predicted octanol–water partition coefficient (Wildman–Crippen LogP) is 2.33. The Labute approximate surface area is 188 Å². The molecule has 4 rings (SSSR count). The highest BCUT2D eigenvalue weighted by molar-refractivity contribution is 7.91. The zero-order valence-electron chi connectivity index (χ0n) is 18.3. The molecule has 0 spiro atoms. The fraction of sp³-hybridized carbons (Fsp3) is 0.636. The third-order valence-corrected chi connectivity index (χ3v) is 8.35. The van der Waals surface area contributed by atoms with Gasteiger partial charge in [0.05, 0.1) is 36.0 Å². The molecule has 3 aliphatic heterocycles. The smallest absolute Gasteiger partial charge is 0.414 e. The van der Waals surface area contributed by atoms with Crippen molar-refractivity contribution in [1.29, 1.82) is 0 Å². The Morgan fingerprint density at radius 3 is 2.50 bits per heavy atom. The number of ether oxygens (including phenoxy) is 1. The largest absolute Gasteiger partial charge is 0.442 e. The number of anilines is 2. The lowest BCUT2D eigenvalue weighted by Crippen LogP contribution is -2.34. The van der Waals surface area contributed by atoms with Gasteiger partial charge in [-0.25, -0.2) is 17.6 Å². The molecule has 0 radical (unpaired) electrons. The number of benzene rings is 1. The first kappa shape index (κ1) is 22.8. The van der Waals surface area contributed by atoms with Crippen molar-refractivity contribution in [2.45, 2.75) is 38.7 Å². The molecule has 1 N–H and O–H groups in total. The van der Waals surface area contributed by atoms with Crippen molar-refractivity contribution in [3.05, 3.63) is 24.0 Å². The zero-order valence-corrected chi connectivity index (χ0v) is 19.1. The van der Waals surface area contributed by atoms with Crippen LogP contribution in [0.4, 0.5) is 20.6 Å². The number of carbonyl (C=O) groups excluding carboxylic acids is 2. The minimum Gasteiger partial charge on any atom is -0.442 e. The summed E-state index contributed by atoms with van der Waals surface area (Å²) in [6.07, 6.45) is 1.37. The van der Waals surface area contributed by atoms with E-state index in [2.05, 4.69) is 5.32 Å². The van der Waals surface area contributed by atoms with E-state index < -0.39 is 27.9 Å². The zero-order chi connectivity index (χ0) is 22.9. The molecule has 0 aromatic heterocycles. The van der Waals surface area contributed by atoms with Gasteiger partial charge >= 0.3 is 6.09 Å². The van der Waals surface area contributed by atoms with Crippen LogP contribution in [-0.4, -0.2) is 64.2 Å². The van der Waals surface area contributed by atoms with E-state index in [4.69, 9.17) is 4.74 Å². The summed E-state index contributed by atoms with van der Waals surface area (Å²) >= 11 is 0. The molecule has 3 heterocycles. The van der Waals surface area contributed by atoms with Gasteiger partial charge in [-0.05, 0) is 49.3 Å². The molecule has 3 fully saturated rings. The molecule has 3 aliphatic rings. The van der Waals surface area contributed by atoms with Crippen molar-refractivity contribution in [1.82, 2.24) is 5.32 Å². The Morgan fingerprint density at radius 1 is 1.19 bits per heavy atom. The second-order valence-corrected chi connectivity index (χ2v) is 11.3. The average Bonchev–Trinajstić information content (AvgIpc) is 3.29. The number of fused-ring (bicyclic) bond motifs is 1. The van der Waals surface area contributed by atoms with Crippen LogP contribution in [-0.2, 0) is 19.4 Å². The summed E-state index contributed by atoms with van der Waals surface area (Å²) < 4.78 is 44.1. The molecule has 1 aromatic rings. The lowest BCUT2D eigenvalue weighted by molar-refractivity contribution is -0.121. The van der Waals surface area contributed by atoms with Gasteiger partial charge < -0.3 is 15.0 Å². The van der Waals surface area contributed by atoms with Crippen LogP contribution in [0.3, 0.4) is 0 Å². The molecule has 1 aromatic carbocycles. The van der Waals surface area contributed by atoms with Gasteiger partial charge in [-0.15, -0.1) is 0 Å². The maximum absolute atomic E-state index is 15.0. The molecular weight excluding hydrogens is 437 g/mol. The molecule has 3 atom stereocenters. The van der Waals surface area contributed by atoms with Crippen molar-refractivity contribution < 1.29 is 27.1 Å². The quantitative estimate of drug-likeness (QED) is 0.690. The molecule has 32 heavy (non-hydrogen) atoms. The summed E-state index contributed by atoms with van der Waals surface area (Å²) in [7, 11) is -2.95. The van der Waals surface area contributed by atoms with Crippen molar-refractivity contribution in [3.63, 3.8) is 0 Å². The summed E-state index contributed by atoms with van der Waals surface area (Å²) in [5.41, 5.74) is 0.888. The van der Waals surface area contributed by atoms with Crippen molar-refractivity contribution >= 4 is 33.2 Å². The molecule has 2 unspecified atom stereocenters. The third-order valence-electron chi connectivity index (χ3n) is 6.64. The lowest BCUT2D eigenvalue weighted by Gasteiger charge is -2.21. The van der Waals surface area contributed by atoms with E-state index in [0.29, 0.717) is 43.7 Å². The summed E-state index contributed by atoms with van der Waals surface area (Å²) in [5, 5.41) is 2.75. The number of amides is 2. The number of nitrogens with zero attached hydrogens (tertiary/aromatic N) is 2. The lowest BCUT2D eigenvalue weighted by atomic mass is 9.92. The van der Waals surface area contributed by atoms with Gasteiger partial charge in [0, 0.05) is 19.5 Å². The Morgan fingerprint density at radius 2 is 1.88 bits per heavy atom. The number of nitrogens with one attached hydrogen (secondary N) is 1. The number of hydrogen-bond acceptors (Lipinski definition) is 6. The van der Waals surface area contributed by atoms with E-state index in [0.717, 1.165) is 6.42 Å². The van der Waals surface area contributed by atoms with Crippen LogP contribution in [0.15, 0.2) is 18.2 Å². The Hall–Kier alpha value is -2.36. The second kappa shape index (κ2) is 9.25. The topological polar surface area (TPSA) is 96.0 Å². The summed E-state index contributed by atoms with van der Waals surface area (Å²) in [4.78, 5) is 27.3.